The van der Waals surface area contributed by atoms with E-state index in [-0.39, 0.29) is 11.5 Å². The lowest BCUT2D eigenvalue weighted by atomic mass is 9.99. The summed E-state index contributed by atoms with van der Waals surface area (Å²) in [6.45, 7) is 7.73. The predicted molar refractivity (Wildman–Crippen MR) is 113 cm³/mol. The molecule has 29 heavy (non-hydrogen) atoms. The van der Waals surface area contributed by atoms with Crippen molar-refractivity contribution >= 4 is 16.0 Å². The second-order valence-corrected chi connectivity index (χ2v) is 9.07. The predicted octanol–water partition coefficient (Wildman–Crippen LogP) is 4.18. The number of sulfonamides is 1. The molecule has 2 aromatic carbocycles. The molecule has 0 fully saturated rings. The van der Waals surface area contributed by atoms with Crippen molar-refractivity contribution in [2.45, 2.75) is 51.1 Å². The van der Waals surface area contributed by atoms with Crippen LogP contribution in [0.3, 0.4) is 0 Å². The third-order valence-corrected chi connectivity index (χ3v) is 7.15. The SMILES string of the molecule is CCOC(=O)C1=C[C@@H](C)N(S(=O)(=O)c2ccc(C)cc2)[C@H]1c1ccc(CC)cc1. The highest BCUT2D eigenvalue weighted by Gasteiger charge is 2.44. The average molecular weight is 414 g/mol. The Morgan fingerprint density at radius 2 is 1.66 bits per heavy atom. The molecule has 0 unspecified atom stereocenters. The lowest BCUT2D eigenvalue weighted by molar-refractivity contribution is -0.138. The third-order valence-electron chi connectivity index (χ3n) is 5.18. The number of aryl methyl sites for hydroxylation is 2. The maximum Gasteiger partial charge on any atom is 0.335 e. The van der Waals surface area contributed by atoms with Gasteiger partial charge in [0.05, 0.1) is 23.1 Å². The fraction of sp³-hybridized carbons (Fsp3) is 0.348. The Morgan fingerprint density at radius 1 is 1.03 bits per heavy atom. The molecular weight excluding hydrogens is 386 g/mol. The molecule has 1 aliphatic rings. The number of hydrogen-bond acceptors (Lipinski definition) is 4. The second-order valence-electron chi connectivity index (χ2n) is 7.23. The summed E-state index contributed by atoms with van der Waals surface area (Å²) < 4.78 is 33.7. The zero-order chi connectivity index (χ0) is 21.2. The number of carbonyl (C=O) groups is 1. The zero-order valence-electron chi connectivity index (χ0n) is 17.3. The first-order valence-corrected chi connectivity index (χ1v) is 11.3. The molecule has 0 aromatic heterocycles. The normalized spacial score (nSPS) is 19.8. The van der Waals surface area contributed by atoms with Crippen LogP contribution in [0.5, 0.6) is 0 Å². The highest BCUT2D eigenvalue weighted by atomic mass is 32.2. The van der Waals surface area contributed by atoms with Crippen LogP contribution >= 0.6 is 0 Å². The van der Waals surface area contributed by atoms with Gasteiger partial charge in [0.25, 0.3) is 0 Å². The van der Waals surface area contributed by atoms with E-state index >= 15 is 0 Å². The van der Waals surface area contributed by atoms with Gasteiger partial charge in [0.2, 0.25) is 10.0 Å². The summed E-state index contributed by atoms with van der Waals surface area (Å²) in [4.78, 5) is 12.9. The number of rotatable bonds is 6. The molecule has 2 atom stereocenters. The molecule has 1 heterocycles. The molecule has 0 radical (unpaired) electrons. The molecule has 0 amide bonds. The summed E-state index contributed by atoms with van der Waals surface area (Å²) in [5, 5.41) is 0. The van der Waals surface area contributed by atoms with Gasteiger partial charge in [0, 0.05) is 6.04 Å². The average Bonchev–Trinajstić information content (AvgIpc) is 3.06. The Balaban J connectivity index is 2.10. The van der Waals surface area contributed by atoms with Gasteiger partial charge >= 0.3 is 5.97 Å². The van der Waals surface area contributed by atoms with Gasteiger partial charge in [-0.2, -0.15) is 4.31 Å². The second kappa shape index (κ2) is 8.51. The van der Waals surface area contributed by atoms with Crippen molar-refractivity contribution in [2.75, 3.05) is 6.61 Å². The molecule has 0 N–H and O–H groups in total. The molecular formula is C23H27NO4S. The van der Waals surface area contributed by atoms with Crippen molar-refractivity contribution in [3.63, 3.8) is 0 Å². The minimum Gasteiger partial charge on any atom is -0.463 e. The van der Waals surface area contributed by atoms with E-state index in [0.717, 1.165) is 23.1 Å². The minimum absolute atomic E-state index is 0.212. The van der Waals surface area contributed by atoms with Crippen molar-refractivity contribution in [1.82, 2.24) is 4.31 Å². The van der Waals surface area contributed by atoms with Crippen LogP contribution in [-0.4, -0.2) is 31.3 Å². The van der Waals surface area contributed by atoms with Crippen LogP contribution in [0.15, 0.2) is 65.1 Å². The van der Waals surface area contributed by atoms with Gasteiger partial charge in [-0.25, -0.2) is 13.2 Å². The Hall–Kier alpha value is -2.44. The number of esters is 1. The maximum atomic E-state index is 13.5. The molecule has 0 spiro atoms. The molecule has 154 valence electrons. The zero-order valence-corrected chi connectivity index (χ0v) is 18.1. The van der Waals surface area contributed by atoms with E-state index < -0.39 is 28.1 Å². The highest BCUT2D eigenvalue weighted by molar-refractivity contribution is 7.89. The maximum absolute atomic E-state index is 13.5. The van der Waals surface area contributed by atoms with Gasteiger partial charge in [-0.1, -0.05) is 55.0 Å². The van der Waals surface area contributed by atoms with Crippen molar-refractivity contribution < 1.29 is 17.9 Å². The lowest BCUT2D eigenvalue weighted by Gasteiger charge is -2.29. The summed E-state index contributed by atoms with van der Waals surface area (Å²) in [6, 6.07) is 13.3. The number of carbonyl (C=O) groups excluding carboxylic acids is 1. The van der Waals surface area contributed by atoms with E-state index in [1.165, 1.54) is 4.31 Å². The molecule has 0 saturated heterocycles. The van der Waals surface area contributed by atoms with Crippen LogP contribution in [0.4, 0.5) is 0 Å². The summed E-state index contributed by atoms with van der Waals surface area (Å²) in [5.74, 6) is -0.481. The van der Waals surface area contributed by atoms with Crippen LogP contribution in [0, 0.1) is 6.92 Å². The Bertz CT molecular complexity index is 1010. The van der Waals surface area contributed by atoms with E-state index in [0.29, 0.717) is 5.57 Å². The summed E-state index contributed by atoms with van der Waals surface area (Å²) in [7, 11) is -3.83. The van der Waals surface area contributed by atoms with Crippen molar-refractivity contribution in [3.8, 4) is 0 Å². The Morgan fingerprint density at radius 3 is 2.21 bits per heavy atom. The molecule has 5 nitrogen and oxygen atoms in total. The van der Waals surface area contributed by atoms with Crippen LogP contribution in [-0.2, 0) is 26.0 Å². The van der Waals surface area contributed by atoms with Crippen LogP contribution in [0.2, 0.25) is 0 Å². The first kappa shape index (κ1) is 21.3. The fourth-order valence-electron chi connectivity index (χ4n) is 3.64. The molecule has 2 aromatic rings. The van der Waals surface area contributed by atoms with E-state index in [1.54, 1.807) is 44.2 Å². The van der Waals surface area contributed by atoms with Crippen molar-refractivity contribution in [3.05, 3.63) is 76.9 Å². The molecule has 0 aliphatic carbocycles. The van der Waals surface area contributed by atoms with Gasteiger partial charge < -0.3 is 4.74 Å². The topological polar surface area (TPSA) is 63.7 Å². The van der Waals surface area contributed by atoms with E-state index in [2.05, 4.69) is 6.92 Å². The van der Waals surface area contributed by atoms with Gasteiger partial charge in [0.15, 0.2) is 0 Å². The standard InChI is InChI=1S/C23H27NO4S/c1-5-18-9-11-19(12-10-18)22-21(23(25)28-6-2)15-17(4)24(22)29(26,27)20-13-7-16(3)8-14-20/h7-15,17,22H,5-6H2,1-4H3/t17-,22+/m1/s1. The number of hydrogen-bond donors (Lipinski definition) is 0. The molecule has 0 bridgehead atoms. The number of benzene rings is 2. The van der Waals surface area contributed by atoms with E-state index in [9.17, 15) is 13.2 Å². The van der Waals surface area contributed by atoms with Crippen LogP contribution in [0.25, 0.3) is 0 Å². The highest BCUT2D eigenvalue weighted by Crippen LogP contribution is 2.41. The summed E-state index contributed by atoms with van der Waals surface area (Å²) >= 11 is 0. The first-order valence-electron chi connectivity index (χ1n) is 9.87. The van der Waals surface area contributed by atoms with E-state index in [1.807, 2.05) is 31.2 Å². The Labute approximate surface area is 173 Å². The van der Waals surface area contributed by atoms with E-state index in [4.69, 9.17) is 4.74 Å². The van der Waals surface area contributed by atoms with Crippen LogP contribution < -0.4 is 0 Å². The minimum atomic E-state index is -3.83. The monoisotopic (exact) mass is 413 g/mol. The lowest BCUT2D eigenvalue weighted by Crippen LogP contribution is -2.37. The first-order chi connectivity index (χ1) is 13.8. The largest absolute Gasteiger partial charge is 0.463 e. The number of nitrogens with zero attached hydrogens (tertiary/aromatic N) is 1. The smallest absolute Gasteiger partial charge is 0.335 e. The van der Waals surface area contributed by atoms with Gasteiger partial charge in [0.1, 0.15) is 0 Å². The molecule has 6 heteroatoms. The molecule has 3 rings (SSSR count). The summed E-state index contributed by atoms with van der Waals surface area (Å²) in [6.07, 6.45) is 2.58. The summed E-state index contributed by atoms with van der Waals surface area (Å²) in [5.41, 5.74) is 3.24. The van der Waals surface area contributed by atoms with Gasteiger partial charge in [-0.15, -0.1) is 0 Å². The van der Waals surface area contributed by atoms with Gasteiger partial charge in [-0.05, 0) is 50.5 Å². The van der Waals surface area contributed by atoms with Crippen molar-refractivity contribution in [2.24, 2.45) is 0 Å². The van der Waals surface area contributed by atoms with Gasteiger partial charge in [-0.3, -0.25) is 0 Å². The van der Waals surface area contributed by atoms with Crippen molar-refractivity contribution in [1.29, 1.82) is 0 Å². The Kier molecular flexibility index (Phi) is 6.24. The quantitative estimate of drug-likeness (QED) is 0.667. The molecule has 0 saturated carbocycles. The third kappa shape index (κ3) is 4.14. The fourth-order valence-corrected chi connectivity index (χ4v) is 5.38. The molecule has 1 aliphatic heterocycles. The van der Waals surface area contributed by atoms with Crippen LogP contribution in [0.1, 0.15) is 43.5 Å². The number of ether oxygens (including phenoxy) is 1.